The molecular formula is C23H19F2N5O2. The minimum absolute atomic E-state index is 0.0345. The average molecular weight is 435 g/mol. The number of carbonyl (C=O) groups is 1. The third-order valence-corrected chi connectivity index (χ3v) is 4.73. The van der Waals surface area contributed by atoms with E-state index in [-0.39, 0.29) is 47.8 Å². The van der Waals surface area contributed by atoms with Crippen molar-refractivity contribution < 1.29 is 18.1 Å². The second-order valence-electron chi connectivity index (χ2n) is 6.95. The second kappa shape index (κ2) is 9.42. The summed E-state index contributed by atoms with van der Waals surface area (Å²) in [5, 5.41) is 6.52. The Kier molecular flexibility index (Phi) is 6.25. The van der Waals surface area contributed by atoms with Crippen molar-refractivity contribution >= 4 is 11.9 Å². The predicted octanol–water partition coefficient (Wildman–Crippen LogP) is 4.40. The number of hydrogen-bond donors (Lipinski definition) is 1. The summed E-state index contributed by atoms with van der Waals surface area (Å²) in [4.78, 5) is 25.0. The molecular weight excluding hydrogens is 416 g/mol. The van der Waals surface area contributed by atoms with E-state index in [0.29, 0.717) is 23.4 Å². The predicted molar refractivity (Wildman–Crippen MR) is 113 cm³/mol. The summed E-state index contributed by atoms with van der Waals surface area (Å²) in [6.07, 6.45) is 0.776. The lowest BCUT2D eigenvalue weighted by Crippen LogP contribution is -2.17. The minimum Gasteiger partial charge on any atom is -0.334 e. The Morgan fingerprint density at radius 3 is 2.38 bits per heavy atom. The Morgan fingerprint density at radius 1 is 0.938 bits per heavy atom. The van der Waals surface area contributed by atoms with E-state index < -0.39 is 5.82 Å². The van der Waals surface area contributed by atoms with Crippen LogP contribution in [0.15, 0.2) is 59.1 Å². The van der Waals surface area contributed by atoms with E-state index in [1.165, 1.54) is 24.3 Å². The number of hydrogen-bond acceptors (Lipinski definition) is 6. The van der Waals surface area contributed by atoms with Crippen LogP contribution in [0.5, 0.6) is 0 Å². The lowest BCUT2D eigenvalue weighted by atomic mass is 10.1. The maximum atomic E-state index is 14.8. The van der Waals surface area contributed by atoms with Crippen LogP contribution in [0.25, 0.3) is 11.5 Å². The first-order chi connectivity index (χ1) is 15.5. The van der Waals surface area contributed by atoms with E-state index in [9.17, 15) is 13.6 Å². The number of nitrogens with zero attached hydrogens (tertiary/aromatic N) is 4. The van der Waals surface area contributed by atoms with Gasteiger partial charge in [0.1, 0.15) is 5.82 Å². The molecule has 7 nitrogen and oxygen atoms in total. The van der Waals surface area contributed by atoms with Crippen LogP contribution in [0.2, 0.25) is 0 Å². The molecule has 0 spiro atoms. The molecule has 1 amide bonds. The first-order valence-corrected chi connectivity index (χ1v) is 10.0. The highest BCUT2D eigenvalue weighted by molar-refractivity contribution is 6.03. The summed E-state index contributed by atoms with van der Waals surface area (Å²) in [6, 6.07) is 14.3. The fourth-order valence-electron chi connectivity index (χ4n) is 3.06. The molecule has 0 aliphatic heterocycles. The quantitative estimate of drug-likeness (QED) is 0.462. The van der Waals surface area contributed by atoms with E-state index >= 15 is 0 Å². The van der Waals surface area contributed by atoms with Gasteiger partial charge in [0, 0.05) is 24.0 Å². The minimum atomic E-state index is -0.521. The van der Waals surface area contributed by atoms with Gasteiger partial charge in [0.2, 0.25) is 5.95 Å². The van der Waals surface area contributed by atoms with Crippen LogP contribution in [0.3, 0.4) is 0 Å². The normalized spacial score (nSPS) is 10.8. The summed E-state index contributed by atoms with van der Waals surface area (Å²) in [6.45, 7) is 1.77. The zero-order valence-electron chi connectivity index (χ0n) is 17.2. The number of halogens is 2. The van der Waals surface area contributed by atoms with Crippen molar-refractivity contribution in [2.45, 2.75) is 26.2 Å². The van der Waals surface area contributed by atoms with Crippen LogP contribution in [-0.4, -0.2) is 26.0 Å². The highest BCUT2D eigenvalue weighted by Gasteiger charge is 2.17. The Labute approximate surface area is 182 Å². The van der Waals surface area contributed by atoms with Crippen molar-refractivity contribution in [3.63, 3.8) is 0 Å². The van der Waals surface area contributed by atoms with Crippen molar-refractivity contribution in [3.05, 3.63) is 89.0 Å². The van der Waals surface area contributed by atoms with Crippen molar-refractivity contribution in [1.82, 2.24) is 20.1 Å². The van der Waals surface area contributed by atoms with E-state index in [1.807, 2.05) is 0 Å². The van der Waals surface area contributed by atoms with Crippen molar-refractivity contribution in [2.75, 3.05) is 5.32 Å². The third-order valence-electron chi connectivity index (χ3n) is 4.73. The van der Waals surface area contributed by atoms with Crippen LogP contribution < -0.4 is 5.32 Å². The molecule has 0 atom stereocenters. The first-order valence-electron chi connectivity index (χ1n) is 10.0. The first kappa shape index (κ1) is 21.2. The molecule has 0 saturated carbocycles. The van der Waals surface area contributed by atoms with Crippen LogP contribution in [0, 0.1) is 11.6 Å². The third kappa shape index (κ3) is 4.83. The number of carbonyl (C=O) groups excluding carboxylic acids is 1. The summed E-state index contributed by atoms with van der Waals surface area (Å²) < 4.78 is 33.1. The van der Waals surface area contributed by atoms with Gasteiger partial charge in [-0.3, -0.25) is 10.1 Å². The Morgan fingerprint density at radius 2 is 1.66 bits per heavy atom. The van der Waals surface area contributed by atoms with Crippen LogP contribution >= 0.6 is 0 Å². The summed E-state index contributed by atoms with van der Waals surface area (Å²) in [7, 11) is 0. The number of benzene rings is 2. The topological polar surface area (TPSA) is 93.8 Å². The molecule has 1 N–H and O–H groups in total. The van der Waals surface area contributed by atoms with E-state index in [4.69, 9.17) is 4.52 Å². The molecule has 2 aromatic heterocycles. The molecule has 4 rings (SSSR count). The van der Waals surface area contributed by atoms with E-state index in [0.717, 1.165) is 0 Å². The number of aromatic nitrogens is 4. The van der Waals surface area contributed by atoms with Gasteiger partial charge in [-0.05, 0) is 42.8 Å². The van der Waals surface area contributed by atoms with Gasteiger partial charge < -0.3 is 4.52 Å². The smallest absolute Gasteiger partial charge is 0.258 e. The molecule has 0 saturated heterocycles. The summed E-state index contributed by atoms with van der Waals surface area (Å²) in [5.74, 6) is -0.634. The number of amides is 1. The zero-order valence-corrected chi connectivity index (χ0v) is 17.2. The molecule has 0 aliphatic rings. The van der Waals surface area contributed by atoms with Gasteiger partial charge in [-0.25, -0.2) is 18.7 Å². The molecule has 2 aromatic carbocycles. The van der Waals surface area contributed by atoms with Gasteiger partial charge in [0.05, 0.1) is 11.4 Å². The molecule has 162 valence electrons. The van der Waals surface area contributed by atoms with Gasteiger partial charge >= 0.3 is 0 Å². The lowest BCUT2D eigenvalue weighted by Gasteiger charge is -2.10. The molecule has 0 radical (unpaired) electrons. The Balaban J connectivity index is 1.50. The number of rotatable bonds is 7. The van der Waals surface area contributed by atoms with Crippen LogP contribution in [0.1, 0.15) is 34.5 Å². The Hall–Kier alpha value is -4.01. The maximum absolute atomic E-state index is 14.8. The molecule has 0 bridgehead atoms. The second-order valence-corrected chi connectivity index (χ2v) is 6.95. The number of anilines is 1. The highest BCUT2D eigenvalue weighted by Crippen LogP contribution is 2.19. The van der Waals surface area contributed by atoms with Crippen molar-refractivity contribution in [3.8, 4) is 11.5 Å². The maximum Gasteiger partial charge on any atom is 0.258 e. The molecule has 0 unspecified atom stereocenters. The van der Waals surface area contributed by atoms with Crippen molar-refractivity contribution in [1.29, 1.82) is 0 Å². The standard InChI is InChI=1S/C23H19F2N5O2/c1-2-17-20(25)18(27-23(26-17)29-21(31)14-6-4-3-5-7-14)12-13-19-28-22(32-30-19)15-8-10-16(24)11-9-15/h3-11H,2,12-13H2,1H3,(H,26,27,29,31). The number of nitrogens with one attached hydrogen (secondary N) is 1. The van der Waals surface area contributed by atoms with Gasteiger partial charge in [0.15, 0.2) is 11.6 Å². The average Bonchev–Trinajstić information content (AvgIpc) is 3.29. The summed E-state index contributed by atoms with van der Waals surface area (Å²) in [5.41, 5.74) is 1.38. The van der Waals surface area contributed by atoms with Crippen molar-refractivity contribution in [2.24, 2.45) is 0 Å². The highest BCUT2D eigenvalue weighted by atomic mass is 19.1. The van der Waals surface area contributed by atoms with Gasteiger partial charge in [0.25, 0.3) is 11.8 Å². The molecule has 2 heterocycles. The monoisotopic (exact) mass is 435 g/mol. The molecule has 9 heteroatoms. The molecule has 0 aliphatic carbocycles. The van der Waals surface area contributed by atoms with Gasteiger partial charge in [-0.2, -0.15) is 4.98 Å². The molecule has 4 aromatic rings. The number of aryl methyl sites for hydroxylation is 3. The largest absolute Gasteiger partial charge is 0.334 e. The van der Waals surface area contributed by atoms with E-state index in [1.54, 1.807) is 37.3 Å². The molecule has 32 heavy (non-hydrogen) atoms. The van der Waals surface area contributed by atoms with Gasteiger partial charge in [-0.1, -0.05) is 30.3 Å². The van der Waals surface area contributed by atoms with Gasteiger partial charge in [-0.15, -0.1) is 0 Å². The lowest BCUT2D eigenvalue weighted by molar-refractivity contribution is 0.102. The zero-order chi connectivity index (χ0) is 22.5. The SMILES string of the molecule is CCc1nc(NC(=O)c2ccccc2)nc(CCc2noc(-c3ccc(F)cc3)n2)c1F. The van der Waals surface area contributed by atoms with Crippen LogP contribution in [0.4, 0.5) is 14.7 Å². The fraction of sp³-hybridized carbons (Fsp3) is 0.174. The summed E-state index contributed by atoms with van der Waals surface area (Å²) >= 11 is 0. The van der Waals surface area contributed by atoms with Crippen LogP contribution in [-0.2, 0) is 19.3 Å². The Bertz CT molecular complexity index is 1230. The molecule has 0 fully saturated rings. The fourth-order valence-corrected chi connectivity index (χ4v) is 3.06. The van der Waals surface area contributed by atoms with E-state index in [2.05, 4.69) is 25.4 Å².